The molecule has 94 valence electrons. The van der Waals surface area contributed by atoms with Crippen LogP contribution in [0.25, 0.3) is 0 Å². The van der Waals surface area contributed by atoms with Gasteiger partial charge in [0.25, 0.3) is 5.69 Å². The van der Waals surface area contributed by atoms with Crippen LogP contribution in [0.4, 0.5) is 5.69 Å². The van der Waals surface area contributed by atoms with Crippen LogP contribution in [0.3, 0.4) is 0 Å². The van der Waals surface area contributed by atoms with E-state index in [0.29, 0.717) is 13.2 Å². The van der Waals surface area contributed by atoms with E-state index in [-0.39, 0.29) is 10.6 Å². The normalized spacial score (nSPS) is 10.4. The van der Waals surface area contributed by atoms with Crippen molar-refractivity contribution in [1.29, 1.82) is 0 Å². The van der Waals surface area contributed by atoms with Gasteiger partial charge in [-0.05, 0) is 12.0 Å². The SMILES string of the molecule is CCCOCCNCc1cccc([N+](=O)[O-])c1. The first-order valence-electron chi connectivity index (χ1n) is 5.76. The van der Waals surface area contributed by atoms with Crippen LogP contribution in [-0.4, -0.2) is 24.7 Å². The van der Waals surface area contributed by atoms with Crippen LogP contribution in [-0.2, 0) is 11.3 Å². The van der Waals surface area contributed by atoms with Crippen molar-refractivity contribution in [2.45, 2.75) is 19.9 Å². The summed E-state index contributed by atoms with van der Waals surface area (Å²) in [4.78, 5) is 10.2. The Kier molecular flexibility index (Phi) is 6.21. The highest BCUT2D eigenvalue weighted by atomic mass is 16.6. The van der Waals surface area contributed by atoms with Crippen molar-refractivity contribution in [1.82, 2.24) is 5.32 Å². The van der Waals surface area contributed by atoms with Crippen molar-refractivity contribution in [3.8, 4) is 0 Å². The first kappa shape index (κ1) is 13.6. The van der Waals surface area contributed by atoms with Crippen molar-refractivity contribution in [2.75, 3.05) is 19.8 Å². The molecular weight excluding hydrogens is 220 g/mol. The summed E-state index contributed by atoms with van der Waals surface area (Å²) in [6.45, 7) is 4.89. The molecule has 0 radical (unpaired) electrons. The topological polar surface area (TPSA) is 64.4 Å². The summed E-state index contributed by atoms with van der Waals surface area (Å²) in [7, 11) is 0. The third kappa shape index (κ3) is 5.42. The van der Waals surface area contributed by atoms with Crippen LogP contribution < -0.4 is 5.32 Å². The fourth-order valence-electron chi connectivity index (χ4n) is 1.40. The molecule has 0 unspecified atom stereocenters. The van der Waals surface area contributed by atoms with Gasteiger partial charge in [0, 0.05) is 31.8 Å². The number of nitrogens with zero attached hydrogens (tertiary/aromatic N) is 1. The number of ether oxygens (including phenoxy) is 1. The van der Waals surface area contributed by atoms with Gasteiger partial charge in [0.15, 0.2) is 0 Å². The van der Waals surface area contributed by atoms with Crippen molar-refractivity contribution in [2.24, 2.45) is 0 Å². The van der Waals surface area contributed by atoms with E-state index in [1.807, 2.05) is 6.07 Å². The molecule has 0 atom stereocenters. The van der Waals surface area contributed by atoms with E-state index in [1.165, 1.54) is 6.07 Å². The predicted molar refractivity (Wildman–Crippen MR) is 65.9 cm³/mol. The Balaban J connectivity index is 2.27. The van der Waals surface area contributed by atoms with Crippen LogP contribution in [0, 0.1) is 10.1 Å². The van der Waals surface area contributed by atoms with Crippen LogP contribution in [0.1, 0.15) is 18.9 Å². The highest BCUT2D eigenvalue weighted by Crippen LogP contribution is 2.12. The van der Waals surface area contributed by atoms with Crippen LogP contribution in [0.5, 0.6) is 0 Å². The Hall–Kier alpha value is -1.46. The number of nitro benzene ring substituents is 1. The van der Waals surface area contributed by atoms with E-state index >= 15 is 0 Å². The van der Waals surface area contributed by atoms with Crippen molar-refractivity contribution >= 4 is 5.69 Å². The Morgan fingerprint density at radius 2 is 2.24 bits per heavy atom. The van der Waals surface area contributed by atoms with E-state index in [4.69, 9.17) is 4.74 Å². The quantitative estimate of drug-likeness (QED) is 0.428. The van der Waals surface area contributed by atoms with Gasteiger partial charge in [-0.2, -0.15) is 0 Å². The number of nitrogens with one attached hydrogen (secondary N) is 1. The molecule has 1 rings (SSSR count). The molecule has 1 aromatic carbocycles. The van der Waals surface area contributed by atoms with Gasteiger partial charge >= 0.3 is 0 Å². The molecule has 0 saturated heterocycles. The first-order chi connectivity index (χ1) is 8.24. The molecule has 0 amide bonds. The van der Waals surface area contributed by atoms with E-state index < -0.39 is 0 Å². The second-order valence-electron chi connectivity index (χ2n) is 3.72. The number of nitro groups is 1. The molecular formula is C12H18N2O3. The molecule has 0 fully saturated rings. The standard InChI is InChI=1S/C12H18N2O3/c1-2-7-17-8-6-13-10-11-4-3-5-12(9-11)14(15)16/h3-5,9,13H,2,6-8,10H2,1H3. The maximum Gasteiger partial charge on any atom is 0.269 e. The van der Waals surface area contributed by atoms with Gasteiger partial charge in [-0.25, -0.2) is 0 Å². The Morgan fingerprint density at radius 3 is 2.94 bits per heavy atom. The summed E-state index contributed by atoms with van der Waals surface area (Å²) in [5.74, 6) is 0. The number of hydrogen-bond acceptors (Lipinski definition) is 4. The average Bonchev–Trinajstić information content (AvgIpc) is 2.34. The van der Waals surface area contributed by atoms with Gasteiger partial charge in [0.2, 0.25) is 0 Å². The summed E-state index contributed by atoms with van der Waals surface area (Å²) in [5, 5.41) is 13.7. The van der Waals surface area contributed by atoms with Gasteiger partial charge in [0.05, 0.1) is 11.5 Å². The van der Waals surface area contributed by atoms with Gasteiger partial charge in [-0.1, -0.05) is 19.1 Å². The minimum atomic E-state index is -0.381. The molecule has 0 aliphatic carbocycles. The zero-order valence-corrected chi connectivity index (χ0v) is 10.0. The Labute approximate surface area is 101 Å². The fourth-order valence-corrected chi connectivity index (χ4v) is 1.40. The van der Waals surface area contributed by atoms with Gasteiger partial charge in [0.1, 0.15) is 0 Å². The maximum absolute atomic E-state index is 10.6. The number of non-ortho nitro benzene ring substituents is 1. The smallest absolute Gasteiger partial charge is 0.269 e. The molecule has 0 aromatic heterocycles. The Morgan fingerprint density at radius 1 is 1.41 bits per heavy atom. The molecule has 0 saturated carbocycles. The monoisotopic (exact) mass is 238 g/mol. The van der Waals surface area contributed by atoms with E-state index in [0.717, 1.165) is 25.1 Å². The first-order valence-corrected chi connectivity index (χ1v) is 5.76. The number of rotatable bonds is 8. The summed E-state index contributed by atoms with van der Waals surface area (Å²) >= 11 is 0. The summed E-state index contributed by atoms with van der Waals surface area (Å²) in [6.07, 6.45) is 1.02. The van der Waals surface area contributed by atoms with E-state index in [1.54, 1.807) is 12.1 Å². The molecule has 0 aliphatic heterocycles. The van der Waals surface area contributed by atoms with Gasteiger partial charge in [-0.15, -0.1) is 0 Å². The summed E-state index contributed by atoms with van der Waals surface area (Å²) in [5.41, 5.74) is 1.04. The second kappa shape index (κ2) is 7.76. The minimum Gasteiger partial charge on any atom is -0.380 e. The van der Waals surface area contributed by atoms with Crippen molar-refractivity contribution < 1.29 is 9.66 Å². The van der Waals surface area contributed by atoms with Crippen molar-refractivity contribution in [3.05, 3.63) is 39.9 Å². The lowest BCUT2D eigenvalue weighted by Gasteiger charge is -2.05. The molecule has 1 aromatic rings. The zero-order valence-electron chi connectivity index (χ0n) is 10.0. The average molecular weight is 238 g/mol. The molecule has 0 heterocycles. The summed E-state index contributed by atoms with van der Waals surface area (Å²) in [6, 6.07) is 6.64. The molecule has 17 heavy (non-hydrogen) atoms. The van der Waals surface area contributed by atoms with E-state index in [2.05, 4.69) is 12.2 Å². The van der Waals surface area contributed by atoms with Crippen LogP contribution in [0.15, 0.2) is 24.3 Å². The highest BCUT2D eigenvalue weighted by molar-refractivity contribution is 5.34. The van der Waals surface area contributed by atoms with Gasteiger partial charge in [-0.3, -0.25) is 10.1 Å². The predicted octanol–water partition coefficient (Wildman–Crippen LogP) is 2.11. The number of benzene rings is 1. The number of hydrogen-bond donors (Lipinski definition) is 1. The lowest BCUT2D eigenvalue weighted by molar-refractivity contribution is -0.384. The third-order valence-electron chi connectivity index (χ3n) is 2.22. The fraction of sp³-hybridized carbons (Fsp3) is 0.500. The Bertz CT molecular complexity index is 355. The van der Waals surface area contributed by atoms with Crippen LogP contribution >= 0.6 is 0 Å². The molecule has 0 spiro atoms. The summed E-state index contributed by atoms with van der Waals surface area (Å²) < 4.78 is 5.31. The zero-order chi connectivity index (χ0) is 12.5. The molecule has 1 N–H and O–H groups in total. The molecule has 0 aliphatic rings. The molecule has 0 bridgehead atoms. The maximum atomic E-state index is 10.6. The van der Waals surface area contributed by atoms with Gasteiger partial charge < -0.3 is 10.1 Å². The molecule has 5 nitrogen and oxygen atoms in total. The second-order valence-corrected chi connectivity index (χ2v) is 3.72. The van der Waals surface area contributed by atoms with E-state index in [9.17, 15) is 10.1 Å². The minimum absolute atomic E-state index is 0.131. The lowest BCUT2D eigenvalue weighted by atomic mass is 10.2. The van der Waals surface area contributed by atoms with Crippen molar-refractivity contribution in [3.63, 3.8) is 0 Å². The lowest BCUT2D eigenvalue weighted by Crippen LogP contribution is -2.19. The highest BCUT2D eigenvalue weighted by Gasteiger charge is 2.04. The third-order valence-corrected chi connectivity index (χ3v) is 2.22. The molecule has 5 heteroatoms. The van der Waals surface area contributed by atoms with Crippen LogP contribution in [0.2, 0.25) is 0 Å². The largest absolute Gasteiger partial charge is 0.380 e.